The molecular weight excluding hydrogens is 289 g/mol. The van der Waals surface area contributed by atoms with Crippen LogP contribution < -0.4 is 10.2 Å². The number of benzene rings is 1. The van der Waals surface area contributed by atoms with Gasteiger partial charge in [-0.3, -0.25) is 19.7 Å². The van der Waals surface area contributed by atoms with Crippen LogP contribution in [-0.4, -0.2) is 42.8 Å². The van der Waals surface area contributed by atoms with Crippen LogP contribution in [0.4, 0.5) is 10.1 Å². The maximum Gasteiger partial charge on any atom is 0.255 e. The van der Waals surface area contributed by atoms with Crippen molar-refractivity contribution in [3.05, 3.63) is 29.1 Å². The van der Waals surface area contributed by atoms with Gasteiger partial charge in [-0.05, 0) is 18.6 Å². The van der Waals surface area contributed by atoms with Gasteiger partial charge in [0.25, 0.3) is 5.91 Å². The number of rotatable bonds is 2. The fourth-order valence-corrected chi connectivity index (χ4v) is 3.01. The molecule has 1 fully saturated rings. The number of fused-ring (bicyclic) bond motifs is 1. The van der Waals surface area contributed by atoms with Crippen LogP contribution >= 0.6 is 0 Å². The maximum absolute atomic E-state index is 13.7. The van der Waals surface area contributed by atoms with Gasteiger partial charge in [0.15, 0.2) is 0 Å². The van der Waals surface area contributed by atoms with Crippen molar-refractivity contribution in [2.75, 3.05) is 19.0 Å². The molecule has 22 heavy (non-hydrogen) atoms. The summed E-state index contributed by atoms with van der Waals surface area (Å²) in [6.07, 6.45) is 0.496. The zero-order chi connectivity index (χ0) is 16.0. The Labute approximate surface area is 126 Å². The quantitative estimate of drug-likeness (QED) is 0.815. The van der Waals surface area contributed by atoms with E-state index in [-0.39, 0.29) is 30.3 Å². The third kappa shape index (κ3) is 2.22. The number of carbonyl (C=O) groups excluding carboxylic acids is 3. The van der Waals surface area contributed by atoms with Crippen molar-refractivity contribution in [2.45, 2.75) is 25.4 Å². The molecular formula is C15H16FN3O3. The summed E-state index contributed by atoms with van der Waals surface area (Å²) in [6, 6.07) is 1.90. The van der Waals surface area contributed by atoms with Crippen LogP contribution in [0.15, 0.2) is 12.1 Å². The molecule has 3 amide bonds. The fraction of sp³-hybridized carbons (Fsp3) is 0.400. The van der Waals surface area contributed by atoms with E-state index in [1.54, 1.807) is 19.0 Å². The topological polar surface area (TPSA) is 69.7 Å². The predicted molar refractivity (Wildman–Crippen MR) is 76.8 cm³/mol. The van der Waals surface area contributed by atoms with Crippen molar-refractivity contribution in [3.8, 4) is 0 Å². The van der Waals surface area contributed by atoms with Crippen molar-refractivity contribution in [2.24, 2.45) is 0 Å². The van der Waals surface area contributed by atoms with Gasteiger partial charge in [-0.15, -0.1) is 0 Å². The van der Waals surface area contributed by atoms with Crippen LogP contribution in [0.3, 0.4) is 0 Å². The second kappa shape index (κ2) is 5.08. The van der Waals surface area contributed by atoms with Crippen LogP contribution in [0.5, 0.6) is 0 Å². The smallest absolute Gasteiger partial charge is 0.255 e. The Balaban J connectivity index is 1.96. The summed E-state index contributed by atoms with van der Waals surface area (Å²) in [5.41, 5.74) is 1.62. The minimum Gasteiger partial charge on any atom is -0.377 e. The zero-order valence-electron chi connectivity index (χ0n) is 12.4. The van der Waals surface area contributed by atoms with Gasteiger partial charge in [-0.2, -0.15) is 0 Å². The third-order valence-corrected chi connectivity index (χ3v) is 4.08. The van der Waals surface area contributed by atoms with Crippen molar-refractivity contribution >= 4 is 23.4 Å². The zero-order valence-corrected chi connectivity index (χ0v) is 12.4. The molecule has 1 atom stereocenters. The van der Waals surface area contributed by atoms with E-state index in [1.807, 2.05) is 0 Å². The van der Waals surface area contributed by atoms with Crippen molar-refractivity contribution in [1.82, 2.24) is 10.2 Å². The van der Waals surface area contributed by atoms with Crippen LogP contribution in [0.25, 0.3) is 0 Å². The molecule has 0 aliphatic carbocycles. The summed E-state index contributed by atoms with van der Waals surface area (Å²) in [4.78, 5) is 38.9. The van der Waals surface area contributed by atoms with E-state index in [9.17, 15) is 18.8 Å². The predicted octanol–water partition coefficient (Wildman–Crippen LogP) is 0.653. The van der Waals surface area contributed by atoms with E-state index in [4.69, 9.17) is 0 Å². The van der Waals surface area contributed by atoms with E-state index in [0.717, 1.165) is 0 Å². The van der Waals surface area contributed by atoms with Crippen LogP contribution in [0.2, 0.25) is 0 Å². The number of nitrogens with zero attached hydrogens (tertiary/aromatic N) is 2. The SMILES string of the molecule is CN(C)c1cc(F)cc2c1CN(C1CCC(=O)NC1=O)C2=O. The van der Waals surface area contributed by atoms with E-state index in [1.165, 1.54) is 17.0 Å². The second-order valence-corrected chi connectivity index (χ2v) is 5.75. The normalized spacial score (nSPS) is 21.0. The van der Waals surface area contributed by atoms with Gasteiger partial charge < -0.3 is 9.80 Å². The first kappa shape index (κ1) is 14.5. The van der Waals surface area contributed by atoms with Gasteiger partial charge in [-0.1, -0.05) is 0 Å². The molecule has 1 saturated heterocycles. The van der Waals surface area contributed by atoms with E-state index in [2.05, 4.69) is 5.32 Å². The van der Waals surface area contributed by atoms with Crippen molar-refractivity contribution in [3.63, 3.8) is 0 Å². The molecule has 0 bridgehead atoms. The Hall–Kier alpha value is -2.44. The summed E-state index contributed by atoms with van der Waals surface area (Å²) >= 11 is 0. The minimum absolute atomic E-state index is 0.200. The second-order valence-electron chi connectivity index (χ2n) is 5.75. The molecule has 2 heterocycles. The Morgan fingerprint density at radius 3 is 2.64 bits per heavy atom. The fourth-order valence-electron chi connectivity index (χ4n) is 3.01. The number of nitrogens with one attached hydrogen (secondary N) is 1. The number of hydrogen-bond acceptors (Lipinski definition) is 4. The van der Waals surface area contributed by atoms with Gasteiger partial charge in [-0.25, -0.2) is 4.39 Å². The third-order valence-electron chi connectivity index (χ3n) is 4.08. The number of piperidine rings is 1. The highest BCUT2D eigenvalue weighted by Crippen LogP contribution is 2.34. The molecule has 2 aliphatic heterocycles. The van der Waals surface area contributed by atoms with Gasteiger partial charge in [0.2, 0.25) is 11.8 Å². The molecule has 0 spiro atoms. The largest absolute Gasteiger partial charge is 0.377 e. The summed E-state index contributed by atoms with van der Waals surface area (Å²) in [6.45, 7) is 0.244. The summed E-state index contributed by atoms with van der Waals surface area (Å²) in [5, 5.41) is 2.25. The summed E-state index contributed by atoms with van der Waals surface area (Å²) in [5.74, 6) is -1.65. The monoisotopic (exact) mass is 305 g/mol. The molecule has 0 radical (unpaired) electrons. The number of hydrogen-bond donors (Lipinski definition) is 1. The first-order valence-corrected chi connectivity index (χ1v) is 7.03. The van der Waals surface area contributed by atoms with E-state index >= 15 is 0 Å². The molecule has 1 unspecified atom stereocenters. The maximum atomic E-state index is 13.7. The molecule has 6 nitrogen and oxygen atoms in total. The first-order valence-electron chi connectivity index (χ1n) is 7.03. The Kier molecular flexibility index (Phi) is 3.35. The number of halogens is 1. The lowest BCUT2D eigenvalue weighted by Gasteiger charge is -2.29. The molecule has 1 aromatic carbocycles. The van der Waals surface area contributed by atoms with Crippen LogP contribution in [0.1, 0.15) is 28.8 Å². The number of carbonyl (C=O) groups is 3. The lowest BCUT2D eigenvalue weighted by atomic mass is 10.0. The van der Waals surface area contributed by atoms with Gasteiger partial charge in [0.1, 0.15) is 11.9 Å². The molecule has 3 rings (SSSR count). The Bertz CT molecular complexity index is 687. The van der Waals surface area contributed by atoms with Gasteiger partial charge in [0.05, 0.1) is 0 Å². The van der Waals surface area contributed by atoms with Gasteiger partial charge in [0, 0.05) is 43.9 Å². The number of imide groups is 1. The molecule has 0 aromatic heterocycles. The molecule has 0 saturated carbocycles. The van der Waals surface area contributed by atoms with Crippen LogP contribution in [-0.2, 0) is 16.1 Å². The minimum atomic E-state index is -0.685. The van der Waals surface area contributed by atoms with E-state index < -0.39 is 17.8 Å². The standard InChI is InChI=1S/C15H16FN3O3/c1-18(2)12-6-8(16)5-9-10(12)7-19(15(9)22)11-3-4-13(20)17-14(11)21/h5-6,11H,3-4,7H2,1-2H3,(H,17,20,21). The van der Waals surface area contributed by atoms with E-state index in [0.29, 0.717) is 17.7 Å². The van der Waals surface area contributed by atoms with Gasteiger partial charge >= 0.3 is 0 Å². The molecule has 1 aromatic rings. The lowest BCUT2D eigenvalue weighted by molar-refractivity contribution is -0.136. The molecule has 1 N–H and O–H groups in total. The Morgan fingerprint density at radius 2 is 2.00 bits per heavy atom. The highest BCUT2D eigenvalue weighted by atomic mass is 19.1. The average molecular weight is 305 g/mol. The molecule has 116 valence electrons. The Morgan fingerprint density at radius 1 is 1.27 bits per heavy atom. The average Bonchev–Trinajstić information content (AvgIpc) is 2.75. The highest BCUT2D eigenvalue weighted by molar-refractivity contribution is 6.06. The summed E-state index contributed by atoms with van der Waals surface area (Å²) in [7, 11) is 3.54. The first-order chi connectivity index (χ1) is 10.4. The highest BCUT2D eigenvalue weighted by Gasteiger charge is 2.40. The van der Waals surface area contributed by atoms with Crippen LogP contribution in [0, 0.1) is 5.82 Å². The van der Waals surface area contributed by atoms with Crippen molar-refractivity contribution in [1.29, 1.82) is 0 Å². The van der Waals surface area contributed by atoms with Crippen molar-refractivity contribution < 1.29 is 18.8 Å². The number of anilines is 1. The molecule has 7 heteroatoms. The number of amides is 3. The molecule has 2 aliphatic rings. The lowest BCUT2D eigenvalue weighted by Crippen LogP contribution is -2.52. The summed E-state index contributed by atoms with van der Waals surface area (Å²) < 4.78 is 13.7.